The summed E-state index contributed by atoms with van der Waals surface area (Å²) in [5, 5.41) is 14.4. The van der Waals surface area contributed by atoms with Gasteiger partial charge in [-0.2, -0.15) is 0 Å². The van der Waals surface area contributed by atoms with Crippen LogP contribution >= 0.6 is 11.3 Å². The Kier molecular flexibility index (Phi) is 6.82. The molecule has 1 aliphatic carbocycles. The minimum absolute atomic E-state index is 0.283. The molecule has 1 aromatic heterocycles. The van der Waals surface area contributed by atoms with Crippen molar-refractivity contribution in [2.75, 3.05) is 11.9 Å². The van der Waals surface area contributed by atoms with E-state index in [2.05, 4.69) is 5.32 Å². The first-order valence-electron chi connectivity index (χ1n) is 9.55. The Balaban J connectivity index is 1.91. The molecular formula is C22H23NO5S. The van der Waals surface area contributed by atoms with E-state index in [1.54, 1.807) is 6.08 Å². The minimum Gasteiger partial charge on any atom is -0.481 e. The molecular weight excluding hydrogens is 390 g/mol. The van der Waals surface area contributed by atoms with Gasteiger partial charge in [0, 0.05) is 10.9 Å². The summed E-state index contributed by atoms with van der Waals surface area (Å²) in [6.07, 6.45) is 4.97. The normalized spacial score (nSPS) is 18.2. The molecule has 6 nitrogen and oxygen atoms in total. The van der Waals surface area contributed by atoms with Crippen LogP contribution in [0.15, 0.2) is 47.9 Å². The predicted octanol–water partition coefficient (Wildman–Crippen LogP) is 4.59. The van der Waals surface area contributed by atoms with Gasteiger partial charge in [0.25, 0.3) is 0 Å². The van der Waals surface area contributed by atoms with Gasteiger partial charge in [-0.05, 0) is 24.8 Å². The summed E-state index contributed by atoms with van der Waals surface area (Å²) in [5.41, 5.74) is 1.84. The number of hydrogen-bond acceptors (Lipinski definition) is 5. The summed E-state index contributed by atoms with van der Waals surface area (Å²) < 4.78 is 5.34. The maximum absolute atomic E-state index is 12.9. The van der Waals surface area contributed by atoms with E-state index in [0.717, 1.165) is 5.56 Å². The Morgan fingerprint density at radius 2 is 1.83 bits per heavy atom. The van der Waals surface area contributed by atoms with Crippen LogP contribution in [-0.4, -0.2) is 29.6 Å². The van der Waals surface area contributed by atoms with E-state index >= 15 is 0 Å². The van der Waals surface area contributed by atoms with Crippen molar-refractivity contribution in [1.82, 2.24) is 0 Å². The summed E-state index contributed by atoms with van der Waals surface area (Å²) in [5.74, 6) is -3.34. The quantitative estimate of drug-likeness (QED) is 0.512. The second-order valence-corrected chi connectivity index (χ2v) is 7.72. The molecule has 1 amide bonds. The summed E-state index contributed by atoms with van der Waals surface area (Å²) in [4.78, 5) is 37.1. The van der Waals surface area contributed by atoms with E-state index < -0.39 is 29.7 Å². The van der Waals surface area contributed by atoms with Crippen LogP contribution in [0.5, 0.6) is 0 Å². The largest absolute Gasteiger partial charge is 0.481 e. The number of nitrogens with one attached hydrogen (secondary N) is 1. The number of carbonyl (C=O) groups excluding carboxylic acids is 2. The van der Waals surface area contributed by atoms with Crippen molar-refractivity contribution in [1.29, 1.82) is 0 Å². The van der Waals surface area contributed by atoms with Crippen molar-refractivity contribution < 1.29 is 24.2 Å². The van der Waals surface area contributed by atoms with Crippen LogP contribution in [0.4, 0.5) is 5.00 Å². The molecule has 0 saturated carbocycles. The maximum atomic E-state index is 12.9. The minimum atomic E-state index is -0.992. The van der Waals surface area contributed by atoms with E-state index in [4.69, 9.17) is 4.74 Å². The number of carbonyl (C=O) groups is 3. The second kappa shape index (κ2) is 9.52. The molecule has 2 N–H and O–H groups in total. The van der Waals surface area contributed by atoms with Crippen LogP contribution in [0.1, 0.15) is 36.5 Å². The third-order valence-electron chi connectivity index (χ3n) is 4.84. The number of benzene rings is 1. The lowest BCUT2D eigenvalue weighted by Crippen LogP contribution is -2.34. The molecule has 1 aromatic carbocycles. The molecule has 1 heterocycles. The lowest BCUT2D eigenvalue weighted by molar-refractivity contribution is -0.146. The number of rotatable bonds is 7. The van der Waals surface area contributed by atoms with Crippen LogP contribution in [0.3, 0.4) is 0 Å². The van der Waals surface area contributed by atoms with Crippen LogP contribution in [0.25, 0.3) is 11.1 Å². The van der Waals surface area contributed by atoms with Gasteiger partial charge in [-0.1, -0.05) is 49.4 Å². The Labute approximate surface area is 173 Å². The molecule has 2 atom stereocenters. The van der Waals surface area contributed by atoms with Crippen molar-refractivity contribution in [3.05, 3.63) is 53.4 Å². The number of amides is 1. The molecule has 0 bridgehead atoms. The Bertz CT molecular complexity index is 919. The molecule has 0 unspecified atom stereocenters. The average molecular weight is 413 g/mol. The van der Waals surface area contributed by atoms with Crippen molar-refractivity contribution in [2.45, 2.75) is 26.2 Å². The predicted molar refractivity (Wildman–Crippen MR) is 112 cm³/mol. The van der Waals surface area contributed by atoms with E-state index in [9.17, 15) is 19.5 Å². The van der Waals surface area contributed by atoms with Crippen LogP contribution in [0, 0.1) is 11.8 Å². The topological polar surface area (TPSA) is 92.7 Å². The number of aliphatic carboxylic acids is 1. The molecule has 7 heteroatoms. The molecule has 2 aromatic rings. The fourth-order valence-electron chi connectivity index (χ4n) is 3.33. The molecule has 152 valence electrons. The van der Waals surface area contributed by atoms with Gasteiger partial charge in [0.1, 0.15) is 10.6 Å². The Hall–Kier alpha value is -2.93. The fraction of sp³-hybridized carbons (Fsp3) is 0.318. The van der Waals surface area contributed by atoms with Gasteiger partial charge >= 0.3 is 11.9 Å². The van der Waals surface area contributed by atoms with E-state index in [1.165, 1.54) is 11.3 Å². The maximum Gasteiger partial charge on any atom is 0.341 e. The highest BCUT2D eigenvalue weighted by atomic mass is 32.1. The first kappa shape index (κ1) is 20.8. The van der Waals surface area contributed by atoms with Crippen molar-refractivity contribution in [3.63, 3.8) is 0 Å². The van der Waals surface area contributed by atoms with Gasteiger partial charge in [-0.25, -0.2) is 4.79 Å². The zero-order chi connectivity index (χ0) is 20.8. The number of hydrogen-bond donors (Lipinski definition) is 2. The van der Waals surface area contributed by atoms with Gasteiger partial charge in [0.15, 0.2) is 0 Å². The molecule has 0 radical (unpaired) electrons. The van der Waals surface area contributed by atoms with Crippen LogP contribution < -0.4 is 5.32 Å². The number of esters is 1. The van der Waals surface area contributed by atoms with Gasteiger partial charge in [0.05, 0.1) is 18.4 Å². The third-order valence-corrected chi connectivity index (χ3v) is 5.74. The first-order chi connectivity index (χ1) is 14.0. The smallest absolute Gasteiger partial charge is 0.341 e. The number of ether oxygens (including phenoxy) is 1. The summed E-state index contributed by atoms with van der Waals surface area (Å²) in [6.45, 7) is 2.19. The zero-order valence-electron chi connectivity index (χ0n) is 16.1. The Morgan fingerprint density at radius 1 is 1.14 bits per heavy atom. The van der Waals surface area contributed by atoms with Gasteiger partial charge in [-0.3, -0.25) is 9.59 Å². The highest BCUT2D eigenvalue weighted by Gasteiger charge is 2.35. The lowest BCUT2D eigenvalue weighted by Gasteiger charge is -2.24. The molecule has 1 aliphatic rings. The second-order valence-electron chi connectivity index (χ2n) is 6.84. The number of carboxylic acid groups (broad SMARTS) is 1. The van der Waals surface area contributed by atoms with Crippen LogP contribution in [-0.2, 0) is 14.3 Å². The van der Waals surface area contributed by atoms with E-state index in [1.807, 2.05) is 48.7 Å². The molecule has 0 aliphatic heterocycles. The van der Waals surface area contributed by atoms with Gasteiger partial charge < -0.3 is 15.2 Å². The molecule has 29 heavy (non-hydrogen) atoms. The fourth-order valence-corrected chi connectivity index (χ4v) is 4.29. The highest BCUT2D eigenvalue weighted by molar-refractivity contribution is 7.15. The van der Waals surface area contributed by atoms with E-state index in [0.29, 0.717) is 35.4 Å². The van der Waals surface area contributed by atoms with E-state index in [-0.39, 0.29) is 6.61 Å². The molecule has 0 fully saturated rings. The van der Waals surface area contributed by atoms with Crippen molar-refractivity contribution in [2.24, 2.45) is 11.8 Å². The Morgan fingerprint density at radius 3 is 2.48 bits per heavy atom. The number of carboxylic acids is 1. The van der Waals surface area contributed by atoms with Gasteiger partial charge in [-0.15, -0.1) is 11.3 Å². The number of allylic oxidation sites excluding steroid dienone is 2. The number of thiophene rings is 1. The summed E-state index contributed by atoms with van der Waals surface area (Å²) in [6, 6.07) is 9.40. The molecule has 3 rings (SSSR count). The summed E-state index contributed by atoms with van der Waals surface area (Å²) >= 11 is 1.24. The highest BCUT2D eigenvalue weighted by Crippen LogP contribution is 2.37. The van der Waals surface area contributed by atoms with Crippen molar-refractivity contribution >= 4 is 34.2 Å². The monoisotopic (exact) mass is 413 g/mol. The summed E-state index contributed by atoms with van der Waals surface area (Å²) in [7, 11) is 0. The SMILES string of the molecule is CCCOC(=O)c1c(-c2ccccc2)csc1NC(=O)[C@@H]1CC=CC[C@H]1C(=O)O. The average Bonchev–Trinajstić information content (AvgIpc) is 3.16. The lowest BCUT2D eigenvalue weighted by atomic mass is 9.82. The first-order valence-corrected chi connectivity index (χ1v) is 10.4. The van der Waals surface area contributed by atoms with Crippen molar-refractivity contribution in [3.8, 4) is 11.1 Å². The van der Waals surface area contributed by atoms with Gasteiger partial charge in [0.2, 0.25) is 5.91 Å². The standard InChI is InChI=1S/C22H23NO5S/c1-2-12-28-22(27)18-17(14-8-4-3-5-9-14)13-29-20(18)23-19(24)15-10-6-7-11-16(15)21(25)26/h3-9,13,15-16H,2,10-12H2,1H3,(H,23,24)(H,25,26)/t15-,16-/m1/s1. The zero-order valence-corrected chi connectivity index (χ0v) is 16.9. The third kappa shape index (κ3) is 4.74. The number of anilines is 1. The molecule has 0 spiro atoms. The molecule has 0 saturated heterocycles. The van der Waals surface area contributed by atoms with Crippen LogP contribution in [0.2, 0.25) is 0 Å².